The lowest BCUT2D eigenvalue weighted by Gasteiger charge is -2.36. The summed E-state index contributed by atoms with van der Waals surface area (Å²) in [5, 5.41) is 0. The zero-order valence-electron chi connectivity index (χ0n) is 16.4. The van der Waals surface area contributed by atoms with Crippen molar-refractivity contribution in [1.82, 2.24) is 9.88 Å². The molecule has 0 saturated carbocycles. The van der Waals surface area contributed by atoms with Gasteiger partial charge in [0.15, 0.2) is 6.61 Å². The predicted octanol–water partition coefficient (Wildman–Crippen LogP) is 2.70. The Balaban J connectivity index is 1.30. The topological polar surface area (TPSA) is 54.9 Å². The summed E-state index contributed by atoms with van der Waals surface area (Å²) < 4.78 is 11.1. The predicted molar refractivity (Wildman–Crippen MR) is 108 cm³/mol. The van der Waals surface area contributed by atoms with E-state index in [4.69, 9.17) is 9.47 Å². The number of aromatic nitrogens is 1. The third-order valence-corrected chi connectivity index (χ3v) is 5.61. The van der Waals surface area contributed by atoms with E-state index in [-0.39, 0.29) is 12.5 Å². The molecule has 1 aliphatic carbocycles. The maximum atomic E-state index is 12.6. The number of ether oxygens (including phenoxy) is 2. The van der Waals surface area contributed by atoms with E-state index < -0.39 is 0 Å². The summed E-state index contributed by atoms with van der Waals surface area (Å²) in [7, 11) is 1.67. The average Bonchev–Trinajstić information content (AvgIpc) is 2.77. The Morgan fingerprint density at radius 1 is 1.04 bits per heavy atom. The second-order valence-corrected chi connectivity index (χ2v) is 7.30. The van der Waals surface area contributed by atoms with E-state index in [1.54, 1.807) is 13.3 Å². The molecule has 148 valence electrons. The molecule has 0 N–H and O–H groups in total. The quantitative estimate of drug-likeness (QED) is 0.797. The number of carbonyl (C=O) groups excluding carboxylic acids is 1. The Hall–Kier alpha value is -2.76. The minimum atomic E-state index is 0.0516. The fourth-order valence-corrected chi connectivity index (χ4v) is 3.97. The third kappa shape index (κ3) is 4.06. The van der Waals surface area contributed by atoms with E-state index in [9.17, 15) is 4.79 Å². The minimum absolute atomic E-state index is 0.0516. The summed E-state index contributed by atoms with van der Waals surface area (Å²) in [6.07, 6.45) is 6.13. The van der Waals surface area contributed by atoms with Gasteiger partial charge in [0.05, 0.1) is 7.11 Å². The van der Waals surface area contributed by atoms with E-state index >= 15 is 0 Å². The first-order chi connectivity index (χ1) is 13.7. The number of pyridine rings is 1. The molecule has 0 bridgehead atoms. The first-order valence-corrected chi connectivity index (χ1v) is 10.0. The Morgan fingerprint density at radius 3 is 2.54 bits per heavy atom. The van der Waals surface area contributed by atoms with Crippen molar-refractivity contribution in [1.29, 1.82) is 0 Å². The zero-order valence-corrected chi connectivity index (χ0v) is 16.4. The van der Waals surface area contributed by atoms with E-state index in [1.807, 2.05) is 23.1 Å². The fourth-order valence-electron chi connectivity index (χ4n) is 3.97. The van der Waals surface area contributed by atoms with Crippen LogP contribution in [0.25, 0.3) is 0 Å². The molecule has 0 spiro atoms. The number of carbonyl (C=O) groups is 1. The highest BCUT2D eigenvalue weighted by atomic mass is 16.5. The molecule has 28 heavy (non-hydrogen) atoms. The molecule has 4 rings (SSSR count). The normalized spacial score (nSPS) is 16.5. The van der Waals surface area contributed by atoms with Gasteiger partial charge in [-0.1, -0.05) is 0 Å². The van der Waals surface area contributed by atoms with E-state index in [2.05, 4.69) is 22.0 Å². The second-order valence-electron chi connectivity index (χ2n) is 7.30. The molecule has 6 heteroatoms. The van der Waals surface area contributed by atoms with Crippen LogP contribution in [0.5, 0.6) is 11.5 Å². The van der Waals surface area contributed by atoms with Gasteiger partial charge < -0.3 is 19.3 Å². The van der Waals surface area contributed by atoms with Gasteiger partial charge in [0, 0.05) is 49.3 Å². The monoisotopic (exact) mass is 381 g/mol. The van der Waals surface area contributed by atoms with Crippen LogP contribution < -0.4 is 14.4 Å². The van der Waals surface area contributed by atoms with Crippen molar-refractivity contribution < 1.29 is 14.3 Å². The number of methoxy groups -OCH3 is 1. The molecule has 2 aromatic rings. The van der Waals surface area contributed by atoms with Crippen LogP contribution in [0.4, 0.5) is 5.69 Å². The molecule has 1 aliphatic heterocycles. The molecular weight excluding hydrogens is 354 g/mol. The number of aryl methyl sites for hydroxylation is 1. The summed E-state index contributed by atoms with van der Waals surface area (Å²) >= 11 is 0. The van der Waals surface area contributed by atoms with Crippen molar-refractivity contribution in [2.75, 3.05) is 44.8 Å². The van der Waals surface area contributed by atoms with E-state index in [0.29, 0.717) is 13.1 Å². The van der Waals surface area contributed by atoms with Crippen molar-refractivity contribution >= 4 is 11.6 Å². The number of fused-ring (bicyclic) bond motifs is 1. The van der Waals surface area contributed by atoms with Crippen molar-refractivity contribution in [2.24, 2.45) is 0 Å². The third-order valence-electron chi connectivity index (χ3n) is 5.61. The Bertz CT molecular complexity index is 814. The van der Waals surface area contributed by atoms with Crippen LogP contribution in [0.1, 0.15) is 24.1 Å². The molecule has 1 fully saturated rings. The summed E-state index contributed by atoms with van der Waals surface area (Å²) in [6.45, 7) is 3.16. The summed E-state index contributed by atoms with van der Waals surface area (Å²) in [6, 6.07) is 9.95. The lowest BCUT2D eigenvalue weighted by molar-refractivity contribution is -0.133. The van der Waals surface area contributed by atoms with Crippen LogP contribution in [0.15, 0.2) is 36.5 Å². The van der Waals surface area contributed by atoms with Gasteiger partial charge in [-0.2, -0.15) is 0 Å². The molecule has 2 heterocycles. The number of amides is 1. The number of nitrogens with zero attached hydrogens (tertiary/aromatic N) is 3. The molecule has 0 atom stereocenters. The van der Waals surface area contributed by atoms with Crippen LogP contribution in [-0.4, -0.2) is 55.7 Å². The van der Waals surface area contributed by atoms with Crippen molar-refractivity contribution in [3.63, 3.8) is 0 Å². The fraction of sp³-hybridized carbons (Fsp3) is 0.455. The molecule has 1 amide bonds. The Kier molecular flexibility index (Phi) is 5.65. The van der Waals surface area contributed by atoms with Gasteiger partial charge in [0.25, 0.3) is 5.91 Å². The Morgan fingerprint density at radius 2 is 1.79 bits per heavy atom. The highest BCUT2D eigenvalue weighted by Crippen LogP contribution is 2.28. The van der Waals surface area contributed by atoms with Gasteiger partial charge in [0.1, 0.15) is 11.5 Å². The van der Waals surface area contributed by atoms with Gasteiger partial charge in [-0.05, 0) is 56.0 Å². The van der Waals surface area contributed by atoms with E-state index in [0.717, 1.165) is 55.2 Å². The number of hydrogen-bond acceptors (Lipinski definition) is 5. The summed E-state index contributed by atoms with van der Waals surface area (Å²) in [5.41, 5.74) is 3.47. The van der Waals surface area contributed by atoms with Crippen LogP contribution in [0.3, 0.4) is 0 Å². The molecular formula is C22H27N3O3. The number of rotatable bonds is 5. The SMILES string of the molecule is COc1ccc(N2CCN(C(=O)COc3ccnc4c3CCCC4)CC2)cc1. The van der Waals surface area contributed by atoms with Gasteiger partial charge in [0.2, 0.25) is 0 Å². The molecule has 0 radical (unpaired) electrons. The standard InChI is InChI=1S/C22H27N3O3/c1-27-18-8-6-17(7-9-18)24-12-14-25(15-13-24)22(26)16-28-21-10-11-23-20-5-3-2-4-19(20)21/h6-11H,2-5,12-16H2,1H3. The molecule has 1 aromatic carbocycles. The van der Waals surface area contributed by atoms with E-state index in [1.165, 1.54) is 12.0 Å². The Labute approximate surface area is 166 Å². The smallest absolute Gasteiger partial charge is 0.260 e. The van der Waals surface area contributed by atoms with Crippen molar-refractivity contribution in [2.45, 2.75) is 25.7 Å². The number of benzene rings is 1. The van der Waals surface area contributed by atoms with Crippen LogP contribution in [-0.2, 0) is 17.6 Å². The van der Waals surface area contributed by atoms with Gasteiger partial charge in [-0.25, -0.2) is 0 Å². The molecule has 1 aromatic heterocycles. The highest BCUT2D eigenvalue weighted by molar-refractivity contribution is 5.78. The first kappa shape index (κ1) is 18.6. The summed E-state index contributed by atoms with van der Waals surface area (Å²) in [5.74, 6) is 1.73. The molecule has 6 nitrogen and oxygen atoms in total. The summed E-state index contributed by atoms with van der Waals surface area (Å²) in [4.78, 5) is 21.3. The molecule has 0 unspecified atom stereocenters. The van der Waals surface area contributed by atoms with Crippen LogP contribution in [0.2, 0.25) is 0 Å². The molecule has 2 aliphatic rings. The maximum Gasteiger partial charge on any atom is 0.260 e. The molecule has 1 saturated heterocycles. The lowest BCUT2D eigenvalue weighted by atomic mass is 9.95. The van der Waals surface area contributed by atoms with Crippen LogP contribution >= 0.6 is 0 Å². The minimum Gasteiger partial charge on any atom is -0.497 e. The zero-order chi connectivity index (χ0) is 19.3. The number of anilines is 1. The lowest BCUT2D eigenvalue weighted by Crippen LogP contribution is -2.50. The van der Waals surface area contributed by atoms with Crippen molar-refractivity contribution in [3.05, 3.63) is 47.8 Å². The average molecular weight is 381 g/mol. The second kappa shape index (κ2) is 8.50. The highest BCUT2D eigenvalue weighted by Gasteiger charge is 2.22. The number of piperazine rings is 1. The maximum absolute atomic E-state index is 12.6. The van der Waals surface area contributed by atoms with Gasteiger partial charge >= 0.3 is 0 Å². The largest absolute Gasteiger partial charge is 0.497 e. The number of hydrogen-bond donors (Lipinski definition) is 0. The van der Waals surface area contributed by atoms with Crippen LogP contribution in [0, 0.1) is 0 Å². The van der Waals surface area contributed by atoms with Crippen molar-refractivity contribution in [3.8, 4) is 11.5 Å². The van der Waals surface area contributed by atoms with Gasteiger partial charge in [-0.15, -0.1) is 0 Å². The van der Waals surface area contributed by atoms with Gasteiger partial charge in [-0.3, -0.25) is 9.78 Å². The first-order valence-electron chi connectivity index (χ1n) is 10.0.